The molecule has 2 fully saturated rings. The maximum atomic E-state index is 14.1. The van der Waals surface area contributed by atoms with Gasteiger partial charge in [0.25, 0.3) is 0 Å². The van der Waals surface area contributed by atoms with E-state index in [1.54, 1.807) is 11.1 Å². The van der Waals surface area contributed by atoms with Gasteiger partial charge in [0.15, 0.2) is 11.6 Å². The van der Waals surface area contributed by atoms with Crippen LogP contribution in [0.5, 0.6) is 0 Å². The Morgan fingerprint density at radius 1 is 1.29 bits per heavy atom. The number of amides is 1. The minimum Gasteiger partial charge on any atom is -0.447 e. The van der Waals surface area contributed by atoms with Gasteiger partial charge in [-0.2, -0.15) is 0 Å². The topological polar surface area (TPSA) is 67.3 Å². The monoisotopic (exact) mass is 456 g/mol. The molecule has 0 unspecified atom stereocenters. The Bertz CT molecular complexity index is 713. The van der Waals surface area contributed by atoms with Gasteiger partial charge in [-0.1, -0.05) is 5.16 Å². The number of carbonyl (C=O) groups excluding carboxylic acids is 1. The van der Waals surface area contributed by atoms with Gasteiger partial charge in [-0.05, 0) is 35.8 Å². The number of hydrogen-bond acceptors (Lipinski definition) is 6. The van der Waals surface area contributed by atoms with Crippen LogP contribution in [0, 0.1) is 5.82 Å². The number of anilines is 1. The van der Waals surface area contributed by atoms with E-state index < -0.39 is 0 Å². The third-order valence-electron chi connectivity index (χ3n) is 4.80. The van der Waals surface area contributed by atoms with E-state index in [0.29, 0.717) is 36.5 Å². The molecular formula is C19H26BrFN4O3. The molecule has 3 heterocycles. The Hall–Kier alpha value is -1.90. The molecule has 7 nitrogen and oxygen atoms in total. The number of piperidine rings is 2. The molecule has 2 aliphatic heterocycles. The Morgan fingerprint density at radius 3 is 2.57 bits per heavy atom. The van der Waals surface area contributed by atoms with Crippen molar-refractivity contribution in [1.29, 1.82) is 0 Å². The number of oxime groups is 1. The third kappa shape index (κ3) is 5.56. The smallest absolute Gasteiger partial charge is 0.410 e. The predicted octanol–water partition coefficient (Wildman–Crippen LogP) is 3.97. The Balaban J connectivity index is 1.43. The molecule has 1 amide bonds. The average molecular weight is 457 g/mol. The number of pyridine rings is 1. The lowest BCUT2D eigenvalue weighted by Crippen LogP contribution is -2.41. The van der Waals surface area contributed by atoms with Gasteiger partial charge in [0.2, 0.25) is 0 Å². The molecule has 0 N–H and O–H groups in total. The molecule has 0 atom stereocenters. The van der Waals surface area contributed by atoms with E-state index in [9.17, 15) is 9.18 Å². The highest BCUT2D eigenvalue weighted by molar-refractivity contribution is 9.10. The van der Waals surface area contributed by atoms with Gasteiger partial charge in [0.1, 0.15) is 6.10 Å². The van der Waals surface area contributed by atoms with Gasteiger partial charge < -0.3 is 19.4 Å². The molecule has 2 saturated heterocycles. The summed E-state index contributed by atoms with van der Waals surface area (Å²) >= 11 is 3.22. The van der Waals surface area contributed by atoms with E-state index in [0.717, 1.165) is 31.4 Å². The van der Waals surface area contributed by atoms with Gasteiger partial charge in [0.05, 0.1) is 11.8 Å². The first kappa shape index (κ1) is 20.8. The standard InChI is InChI=1S/C19H26BrFN4O3/c1-13(2)27-19(26)25-9-5-16(6-10-25)28-23-15-3-7-24(8-4-15)18-17(21)11-14(20)12-22-18/h11-13,16H,3-10H2,1-2H3. The quantitative estimate of drug-likeness (QED) is 0.641. The molecule has 0 radical (unpaired) electrons. The summed E-state index contributed by atoms with van der Waals surface area (Å²) in [5, 5.41) is 4.32. The molecule has 9 heteroatoms. The fourth-order valence-corrected chi connectivity index (χ4v) is 3.58. The zero-order valence-corrected chi connectivity index (χ0v) is 17.8. The fourth-order valence-electron chi connectivity index (χ4n) is 3.28. The maximum absolute atomic E-state index is 14.1. The van der Waals surface area contributed by atoms with Crippen molar-refractivity contribution >= 4 is 33.6 Å². The highest BCUT2D eigenvalue weighted by Gasteiger charge is 2.26. The van der Waals surface area contributed by atoms with Crippen molar-refractivity contribution in [1.82, 2.24) is 9.88 Å². The summed E-state index contributed by atoms with van der Waals surface area (Å²) in [6.45, 7) is 6.24. The first-order valence-corrected chi connectivity index (χ1v) is 10.4. The molecule has 0 spiro atoms. The number of aromatic nitrogens is 1. The fraction of sp³-hybridized carbons (Fsp3) is 0.632. The van der Waals surface area contributed by atoms with Crippen LogP contribution in [0.15, 0.2) is 21.9 Å². The van der Waals surface area contributed by atoms with Crippen LogP contribution in [-0.4, -0.2) is 60.1 Å². The molecule has 0 saturated carbocycles. The molecule has 0 bridgehead atoms. The summed E-state index contributed by atoms with van der Waals surface area (Å²) in [4.78, 5) is 25.4. The second-order valence-electron chi connectivity index (χ2n) is 7.33. The van der Waals surface area contributed by atoms with E-state index in [-0.39, 0.29) is 24.1 Å². The van der Waals surface area contributed by atoms with E-state index in [2.05, 4.69) is 26.1 Å². The lowest BCUT2D eigenvalue weighted by Gasteiger charge is -2.31. The lowest BCUT2D eigenvalue weighted by molar-refractivity contribution is 0.00415. The van der Waals surface area contributed by atoms with Gasteiger partial charge in [-0.15, -0.1) is 0 Å². The normalized spacial score (nSPS) is 18.4. The minimum atomic E-state index is -0.325. The van der Waals surface area contributed by atoms with Gasteiger partial charge in [-0.3, -0.25) is 0 Å². The number of hydrogen-bond donors (Lipinski definition) is 0. The summed E-state index contributed by atoms with van der Waals surface area (Å²) < 4.78 is 19.9. The van der Waals surface area contributed by atoms with Crippen LogP contribution in [-0.2, 0) is 9.57 Å². The molecule has 3 rings (SSSR count). The highest BCUT2D eigenvalue weighted by atomic mass is 79.9. The van der Waals surface area contributed by atoms with Crippen LogP contribution in [0.25, 0.3) is 0 Å². The Morgan fingerprint density at radius 2 is 1.96 bits per heavy atom. The predicted molar refractivity (Wildman–Crippen MR) is 108 cm³/mol. The van der Waals surface area contributed by atoms with Crippen LogP contribution in [0.1, 0.15) is 39.5 Å². The largest absolute Gasteiger partial charge is 0.447 e. The molecule has 0 aromatic carbocycles. The molecular weight excluding hydrogens is 431 g/mol. The van der Waals surface area contributed by atoms with Crippen molar-refractivity contribution in [3.63, 3.8) is 0 Å². The van der Waals surface area contributed by atoms with E-state index in [1.165, 1.54) is 6.07 Å². The van der Waals surface area contributed by atoms with Crippen molar-refractivity contribution in [2.45, 2.75) is 51.7 Å². The second kappa shape index (κ2) is 9.54. The Labute approximate surface area is 173 Å². The number of nitrogens with zero attached hydrogens (tertiary/aromatic N) is 4. The van der Waals surface area contributed by atoms with E-state index in [1.807, 2.05) is 18.7 Å². The Kier molecular flexibility index (Phi) is 7.09. The summed E-state index contributed by atoms with van der Waals surface area (Å²) in [5.74, 6) is 0.0533. The van der Waals surface area contributed by atoms with Crippen LogP contribution in [0.2, 0.25) is 0 Å². The summed E-state index contributed by atoms with van der Waals surface area (Å²) in [6.07, 6.45) is 4.16. The van der Waals surface area contributed by atoms with Crippen LogP contribution < -0.4 is 4.90 Å². The third-order valence-corrected chi connectivity index (χ3v) is 5.23. The summed E-state index contributed by atoms with van der Waals surface area (Å²) in [7, 11) is 0. The van der Waals surface area contributed by atoms with Gasteiger partial charge in [0, 0.05) is 62.5 Å². The van der Waals surface area contributed by atoms with Crippen LogP contribution >= 0.6 is 15.9 Å². The average Bonchev–Trinajstić information content (AvgIpc) is 2.67. The summed E-state index contributed by atoms with van der Waals surface area (Å²) in [6, 6.07) is 1.43. The molecule has 2 aliphatic rings. The zero-order chi connectivity index (χ0) is 20.1. The maximum Gasteiger partial charge on any atom is 0.410 e. The van der Waals surface area contributed by atoms with E-state index in [4.69, 9.17) is 9.57 Å². The number of halogens is 2. The number of rotatable bonds is 4. The van der Waals surface area contributed by atoms with Crippen molar-refractivity contribution < 1.29 is 18.8 Å². The molecule has 154 valence electrons. The van der Waals surface area contributed by atoms with Crippen molar-refractivity contribution in [3.8, 4) is 0 Å². The van der Waals surface area contributed by atoms with Gasteiger partial charge in [-0.25, -0.2) is 14.2 Å². The van der Waals surface area contributed by atoms with Crippen molar-refractivity contribution in [3.05, 3.63) is 22.6 Å². The first-order valence-electron chi connectivity index (χ1n) is 9.65. The summed E-state index contributed by atoms with van der Waals surface area (Å²) in [5.41, 5.74) is 0.982. The zero-order valence-electron chi connectivity index (χ0n) is 16.2. The van der Waals surface area contributed by atoms with Gasteiger partial charge >= 0.3 is 6.09 Å². The number of likely N-dealkylation sites (tertiary alicyclic amines) is 1. The number of carbonyl (C=O) groups is 1. The number of ether oxygens (including phenoxy) is 1. The highest BCUT2D eigenvalue weighted by Crippen LogP contribution is 2.23. The van der Waals surface area contributed by atoms with Crippen LogP contribution in [0.3, 0.4) is 0 Å². The first-order chi connectivity index (χ1) is 13.4. The second-order valence-corrected chi connectivity index (χ2v) is 8.24. The van der Waals surface area contributed by atoms with Crippen molar-refractivity contribution in [2.24, 2.45) is 5.16 Å². The molecule has 0 aliphatic carbocycles. The SMILES string of the molecule is CC(C)OC(=O)N1CCC(ON=C2CCN(c3ncc(Br)cc3F)CC2)CC1. The van der Waals surface area contributed by atoms with E-state index >= 15 is 0 Å². The molecule has 1 aromatic rings. The molecule has 28 heavy (non-hydrogen) atoms. The van der Waals surface area contributed by atoms with Crippen LogP contribution in [0.4, 0.5) is 15.0 Å². The van der Waals surface area contributed by atoms with Crippen molar-refractivity contribution in [2.75, 3.05) is 31.1 Å². The minimum absolute atomic E-state index is 0.0132. The lowest BCUT2D eigenvalue weighted by atomic mass is 10.1. The molecule has 1 aromatic heterocycles.